The van der Waals surface area contributed by atoms with Crippen LogP contribution in [0.3, 0.4) is 0 Å². The molecule has 0 bridgehead atoms. The fourth-order valence-electron chi connectivity index (χ4n) is 1.26. The van der Waals surface area contributed by atoms with E-state index in [1.165, 1.54) is 0 Å². The molecular weight excluding hydrogens is 176 g/mol. The molecule has 1 aliphatic rings. The molecule has 72 valence electrons. The van der Waals surface area contributed by atoms with Gasteiger partial charge in [-0.25, -0.2) is 0 Å². The lowest BCUT2D eigenvalue weighted by molar-refractivity contribution is -0.0319. The molecule has 0 amide bonds. The minimum atomic E-state index is -2.33. The van der Waals surface area contributed by atoms with Crippen molar-refractivity contribution < 1.29 is 18.0 Å². The lowest BCUT2D eigenvalue weighted by Crippen LogP contribution is -2.47. The Morgan fingerprint density at radius 1 is 1.17 bits per heavy atom. The van der Waals surface area contributed by atoms with Crippen LogP contribution < -0.4 is 0 Å². The van der Waals surface area contributed by atoms with E-state index >= 15 is 0 Å². The van der Waals surface area contributed by atoms with Gasteiger partial charge in [0.15, 0.2) is 0 Å². The Balaban J connectivity index is 2.39. The van der Waals surface area contributed by atoms with Crippen molar-refractivity contribution in [2.24, 2.45) is 5.92 Å². The normalized spacial score (nSPS) is 19.2. The van der Waals surface area contributed by atoms with Crippen molar-refractivity contribution in [1.29, 1.82) is 0 Å². The summed E-state index contributed by atoms with van der Waals surface area (Å²) >= 11 is 0. The average Bonchev–Trinajstić information content (AvgIpc) is 2.05. The van der Waals surface area contributed by atoms with E-state index in [0.29, 0.717) is 5.92 Å². The van der Waals surface area contributed by atoms with Crippen LogP contribution in [0.15, 0.2) is 0 Å². The fraction of sp³-hybridized carbons (Fsp3) is 1.00. The summed E-state index contributed by atoms with van der Waals surface area (Å²) in [5.74, 6) is 0.552. The molecule has 0 aromatic rings. The largest absolute Gasteiger partial charge is 0.500 e. The zero-order valence-electron chi connectivity index (χ0n) is 7.83. The van der Waals surface area contributed by atoms with E-state index in [1.807, 2.05) is 0 Å². The predicted octanol–water partition coefficient (Wildman–Crippen LogP) is 0.511. The van der Waals surface area contributed by atoms with Gasteiger partial charge in [0, 0.05) is 33.3 Å². The lowest BCUT2D eigenvalue weighted by atomic mass is 10.1. The van der Waals surface area contributed by atoms with Gasteiger partial charge in [0.1, 0.15) is 0 Å². The Bertz CT molecular complexity index is 125. The number of hydrogen-bond donors (Lipinski definition) is 0. The molecule has 1 fully saturated rings. The van der Waals surface area contributed by atoms with E-state index in [9.17, 15) is 0 Å². The van der Waals surface area contributed by atoms with Gasteiger partial charge < -0.3 is 18.0 Å². The molecule has 0 saturated carbocycles. The van der Waals surface area contributed by atoms with Crippen molar-refractivity contribution in [3.63, 3.8) is 0 Å². The van der Waals surface area contributed by atoms with E-state index in [2.05, 4.69) is 0 Å². The maximum Gasteiger partial charge on any atom is 0.500 e. The first kappa shape index (κ1) is 10.1. The first-order chi connectivity index (χ1) is 5.76. The average molecular weight is 192 g/mol. The van der Waals surface area contributed by atoms with Gasteiger partial charge in [-0.05, 0) is 0 Å². The molecule has 1 heterocycles. The van der Waals surface area contributed by atoms with E-state index in [1.54, 1.807) is 21.3 Å². The first-order valence-electron chi connectivity index (χ1n) is 3.99. The van der Waals surface area contributed by atoms with Crippen LogP contribution in [0.5, 0.6) is 0 Å². The molecule has 0 aliphatic carbocycles. The summed E-state index contributed by atoms with van der Waals surface area (Å²) in [6, 6.07) is 0.858. The zero-order chi connectivity index (χ0) is 9.03. The van der Waals surface area contributed by atoms with Gasteiger partial charge in [0.05, 0.1) is 13.2 Å². The van der Waals surface area contributed by atoms with Crippen LogP contribution in [0.2, 0.25) is 6.04 Å². The van der Waals surface area contributed by atoms with Crippen molar-refractivity contribution in [3.05, 3.63) is 0 Å². The third-order valence-electron chi connectivity index (χ3n) is 2.18. The second-order valence-corrected chi connectivity index (χ2v) is 5.90. The van der Waals surface area contributed by atoms with Crippen molar-refractivity contribution >= 4 is 8.80 Å². The first-order valence-corrected chi connectivity index (χ1v) is 5.92. The summed E-state index contributed by atoms with van der Waals surface area (Å²) in [5.41, 5.74) is 0. The highest BCUT2D eigenvalue weighted by Gasteiger charge is 2.42. The van der Waals surface area contributed by atoms with Gasteiger partial charge in [-0.15, -0.1) is 0 Å². The molecule has 1 saturated heterocycles. The molecule has 1 rings (SSSR count). The van der Waals surface area contributed by atoms with Crippen LogP contribution >= 0.6 is 0 Å². The third-order valence-corrected chi connectivity index (χ3v) is 5.12. The molecule has 0 aromatic heterocycles. The quantitative estimate of drug-likeness (QED) is 0.595. The summed E-state index contributed by atoms with van der Waals surface area (Å²) in [6.45, 7) is 1.62. The van der Waals surface area contributed by atoms with Crippen molar-refractivity contribution in [2.75, 3.05) is 34.5 Å². The Morgan fingerprint density at radius 3 is 1.92 bits per heavy atom. The molecule has 0 aromatic carbocycles. The minimum absolute atomic E-state index is 0.552. The van der Waals surface area contributed by atoms with Crippen molar-refractivity contribution in [1.82, 2.24) is 0 Å². The van der Waals surface area contributed by atoms with E-state index in [4.69, 9.17) is 18.0 Å². The molecular formula is C7H16O4Si. The van der Waals surface area contributed by atoms with Crippen LogP contribution in [0.1, 0.15) is 0 Å². The smallest absolute Gasteiger partial charge is 0.381 e. The van der Waals surface area contributed by atoms with Gasteiger partial charge in [0.2, 0.25) is 0 Å². The maximum atomic E-state index is 5.28. The monoisotopic (exact) mass is 192 g/mol. The molecule has 5 heteroatoms. The van der Waals surface area contributed by atoms with Crippen LogP contribution in [-0.2, 0) is 18.0 Å². The molecule has 0 atom stereocenters. The maximum absolute atomic E-state index is 5.28. The van der Waals surface area contributed by atoms with Crippen molar-refractivity contribution in [3.8, 4) is 0 Å². The van der Waals surface area contributed by atoms with Gasteiger partial charge >= 0.3 is 8.80 Å². The molecule has 0 radical (unpaired) electrons. The highest BCUT2D eigenvalue weighted by atomic mass is 28.4. The molecule has 0 spiro atoms. The summed E-state index contributed by atoms with van der Waals surface area (Å²) in [4.78, 5) is 0. The van der Waals surface area contributed by atoms with Gasteiger partial charge in [0.25, 0.3) is 0 Å². The van der Waals surface area contributed by atoms with Gasteiger partial charge in [-0.2, -0.15) is 0 Å². The molecule has 4 nitrogen and oxygen atoms in total. The SMILES string of the molecule is CO[Si](CC1COC1)(OC)OC. The fourth-order valence-corrected chi connectivity index (χ4v) is 3.20. The number of ether oxygens (including phenoxy) is 1. The third kappa shape index (κ3) is 2.05. The minimum Gasteiger partial charge on any atom is -0.381 e. The molecule has 0 unspecified atom stereocenters. The summed E-state index contributed by atoms with van der Waals surface area (Å²) in [7, 11) is 2.58. The van der Waals surface area contributed by atoms with Crippen LogP contribution in [0, 0.1) is 5.92 Å². The van der Waals surface area contributed by atoms with Crippen LogP contribution in [0.4, 0.5) is 0 Å². The summed E-state index contributed by atoms with van der Waals surface area (Å²) in [5, 5.41) is 0. The molecule has 1 aliphatic heterocycles. The van der Waals surface area contributed by atoms with E-state index in [-0.39, 0.29) is 0 Å². The lowest BCUT2D eigenvalue weighted by Gasteiger charge is -2.32. The standard InChI is InChI=1S/C7H16O4Si/c1-8-12(9-2,10-3)6-7-4-11-5-7/h7H,4-6H2,1-3H3. The Labute approximate surface area is 74.1 Å². The molecule has 0 N–H and O–H groups in total. The highest BCUT2D eigenvalue weighted by molar-refractivity contribution is 6.60. The molecule has 12 heavy (non-hydrogen) atoms. The van der Waals surface area contributed by atoms with Crippen LogP contribution in [0.25, 0.3) is 0 Å². The van der Waals surface area contributed by atoms with Crippen LogP contribution in [-0.4, -0.2) is 43.3 Å². The van der Waals surface area contributed by atoms with Crippen molar-refractivity contribution in [2.45, 2.75) is 6.04 Å². The summed E-state index contributed by atoms with van der Waals surface area (Å²) in [6.07, 6.45) is 0. The summed E-state index contributed by atoms with van der Waals surface area (Å²) < 4.78 is 20.9. The predicted molar refractivity (Wildman–Crippen MR) is 45.9 cm³/mol. The second kappa shape index (κ2) is 4.34. The number of rotatable bonds is 5. The number of hydrogen-bond acceptors (Lipinski definition) is 4. The van der Waals surface area contributed by atoms with Gasteiger partial charge in [-0.3, -0.25) is 0 Å². The van der Waals surface area contributed by atoms with E-state index < -0.39 is 8.80 Å². The Hall–Kier alpha value is 0.0569. The second-order valence-electron chi connectivity index (χ2n) is 2.90. The zero-order valence-corrected chi connectivity index (χ0v) is 8.83. The highest BCUT2D eigenvalue weighted by Crippen LogP contribution is 2.24. The topological polar surface area (TPSA) is 36.9 Å². The Morgan fingerprint density at radius 2 is 1.67 bits per heavy atom. The van der Waals surface area contributed by atoms with E-state index in [0.717, 1.165) is 19.3 Å². The Kier molecular flexibility index (Phi) is 3.67. The van der Waals surface area contributed by atoms with Gasteiger partial charge in [-0.1, -0.05) is 0 Å².